The van der Waals surface area contributed by atoms with Crippen molar-refractivity contribution in [3.05, 3.63) is 23.8 Å². The van der Waals surface area contributed by atoms with Crippen molar-refractivity contribution in [1.29, 1.82) is 5.26 Å². The Morgan fingerprint density at radius 2 is 1.90 bits per heavy atom. The minimum absolute atomic E-state index is 0.0347. The van der Waals surface area contributed by atoms with Crippen LogP contribution >= 0.6 is 0 Å². The lowest BCUT2D eigenvalue weighted by Crippen LogP contribution is -2.41. The van der Waals surface area contributed by atoms with E-state index < -0.39 is 25.9 Å². The van der Waals surface area contributed by atoms with Crippen molar-refractivity contribution >= 4 is 25.5 Å². The highest BCUT2D eigenvalue weighted by Gasteiger charge is 2.28. The highest BCUT2D eigenvalue weighted by Crippen LogP contribution is 2.20. The zero-order chi connectivity index (χ0) is 15.7. The second kappa shape index (κ2) is 5.63. The molecular weight excluding hydrogens is 314 g/mol. The van der Waals surface area contributed by atoms with Crippen LogP contribution in [0.3, 0.4) is 0 Å². The van der Waals surface area contributed by atoms with Gasteiger partial charge in [-0.05, 0) is 31.0 Å². The summed E-state index contributed by atoms with van der Waals surface area (Å²) in [5, 5.41) is 9.00. The molecule has 0 radical (unpaired) electrons. The van der Waals surface area contributed by atoms with Crippen LogP contribution in [0.5, 0.6) is 0 Å². The van der Waals surface area contributed by atoms with Gasteiger partial charge in [-0.15, -0.1) is 0 Å². The number of sulfonamides is 1. The molecule has 0 spiro atoms. The first-order chi connectivity index (χ1) is 9.73. The minimum Gasteiger partial charge on any atom is -0.399 e. The van der Waals surface area contributed by atoms with Crippen LogP contribution in [0.15, 0.2) is 23.1 Å². The number of benzene rings is 1. The van der Waals surface area contributed by atoms with Gasteiger partial charge in [-0.1, -0.05) is 0 Å². The van der Waals surface area contributed by atoms with Gasteiger partial charge in [0.15, 0.2) is 0 Å². The number of anilines is 1. The summed E-state index contributed by atoms with van der Waals surface area (Å²) in [4.78, 5) is -0.146. The van der Waals surface area contributed by atoms with Gasteiger partial charge >= 0.3 is 0 Å². The van der Waals surface area contributed by atoms with E-state index in [0.717, 1.165) is 0 Å². The van der Waals surface area contributed by atoms with Crippen molar-refractivity contribution in [2.24, 2.45) is 0 Å². The molecule has 7 nitrogen and oxygen atoms in total. The standard InChI is InChI=1S/C12H15N3O4S2/c13-8-9-7-10(14)1-2-12(9)21(18,19)15-11-3-5-20(16,17)6-4-11/h1-2,7,11,15H,3-6,14H2. The third-order valence-corrected chi connectivity index (χ3v) is 6.58. The maximum absolute atomic E-state index is 12.3. The third-order valence-electron chi connectivity index (χ3n) is 3.29. The Morgan fingerprint density at radius 1 is 1.29 bits per heavy atom. The molecule has 114 valence electrons. The van der Waals surface area contributed by atoms with Crippen LogP contribution < -0.4 is 10.5 Å². The molecular formula is C12H15N3O4S2. The summed E-state index contributed by atoms with van der Waals surface area (Å²) >= 11 is 0. The number of nitrogens with one attached hydrogen (secondary N) is 1. The number of nitrogens with zero attached hydrogens (tertiary/aromatic N) is 1. The molecule has 1 saturated heterocycles. The van der Waals surface area contributed by atoms with Gasteiger partial charge in [-0.2, -0.15) is 5.26 Å². The van der Waals surface area contributed by atoms with E-state index in [1.165, 1.54) is 18.2 Å². The largest absolute Gasteiger partial charge is 0.399 e. The summed E-state index contributed by atoms with van der Waals surface area (Å²) in [5.74, 6) is -0.0694. The normalized spacial score (nSPS) is 19.0. The van der Waals surface area contributed by atoms with E-state index in [-0.39, 0.29) is 34.8 Å². The molecule has 1 fully saturated rings. The molecule has 1 aromatic rings. The molecule has 0 aliphatic carbocycles. The highest BCUT2D eigenvalue weighted by molar-refractivity contribution is 7.91. The Labute approximate surface area is 123 Å². The lowest BCUT2D eigenvalue weighted by molar-refractivity contribution is 0.505. The topological polar surface area (TPSA) is 130 Å². The number of nitrogens with two attached hydrogens (primary N) is 1. The number of hydrogen-bond donors (Lipinski definition) is 2. The van der Waals surface area contributed by atoms with Crippen molar-refractivity contribution in [3.8, 4) is 6.07 Å². The lowest BCUT2D eigenvalue weighted by atomic mass is 10.2. The summed E-state index contributed by atoms with van der Waals surface area (Å²) in [5.41, 5.74) is 5.79. The average Bonchev–Trinajstić information content (AvgIpc) is 2.40. The third kappa shape index (κ3) is 3.72. The Balaban J connectivity index is 2.22. The molecule has 1 aliphatic heterocycles. The van der Waals surface area contributed by atoms with Gasteiger partial charge in [0.25, 0.3) is 0 Å². The fourth-order valence-electron chi connectivity index (χ4n) is 2.16. The average molecular weight is 329 g/mol. The molecule has 0 bridgehead atoms. The first-order valence-corrected chi connectivity index (χ1v) is 9.56. The zero-order valence-electron chi connectivity index (χ0n) is 11.1. The first-order valence-electron chi connectivity index (χ1n) is 6.26. The van der Waals surface area contributed by atoms with Crippen LogP contribution in [0, 0.1) is 11.3 Å². The molecule has 1 aromatic carbocycles. The first kappa shape index (κ1) is 15.8. The molecule has 1 aliphatic rings. The Hall–Kier alpha value is -1.63. The van der Waals surface area contributed by atoms with E-state index in [0.29, 0.717) is 5.69 Å². The van der Waals surface area contributed by atoms with E-state index in [2.05, 4.69) is 4.72 Å². The molecule has 1 heterocycles. The minimum atomic E-state index is -3.88. The molecule has 0 amide bonds. The fourth-order valence-corrected chi connectivity index (χ4v) is 5.09. The summed E-state index contributed by atoms with van der Waals surface area (Å²) in [6, 6.07) is 5.32. The van der Waals surface area contributed by atoms with E-state index in [4.69, 9.17) is 11.0 Å². The van der Waals surface area contributed by atoms with Gasteiger partial charge in [0.1, 0.15) is 15.9 Å². The van der Waals surface area contributed by atoms with Crippen LogP contribution in [0.4, 0.5) is 5.69 Å². The second-order valence-corrected chi connectivity index (χ2v) is 8.90. The summed E-state index contributed by atoms with van der Waals surface area (Å²) in [6.07, 6.45) is 0.469. The zero-order valence-corrected chi connectivity index (χ0v) is 12.7. The second-order valence-electron chi connectivity index (χ2n) is 4.91. The lowest BCUT2D eigenvalue weighted by Gasteiger charge is -2.23. The van der Waals surface area contributed by atoms with Crippen molar-refractivity contribution in [2.75, 3.05) is 17.2 Å². The van der Waals surface area contributed by atoms with E-state index in [9.17, 15) is 16.8 Å². The molecule has 0 unspecified atom stereocenters. The van der Waals surface area contributed by atoms with Gasteiger partial charge in [0.2, 0.25) is 10.0 Å². The molecule has 2 rings (SSSR count). The van der Waals surface area contributed by atoms with Crippen LogP contribution in [0.2, 0.25) is 0 Å². The van der Waals surface area contributed by atoms with Crippen LogP contribution in [-0.2, 0) is 19.9 Å². The van der Waals surface area contributed by atoms with Crippen molar-refractivity contribution in [3.63, 3.8) is 0 Å². The van der Waals surface area contributed by atoms with Gasteiger partial charge in [0.05, 0.1) is 22.0 Å². The van der Waals surface area contributed by atoms with E-state index >= 15 is 0 Å². The maximum atomic E-state index is 12.3. The SMILES string of the molecule is N#Cc1cc(N)ccc1S(=O)(=O)NC1CCS(=O)(=O)CC1. The molecule has 21 heavy (non-hydrogen) atoms. The van der Waals surface area contributed by atoms with Crippen LogP contribution in [0.1, 0.15) is 18.4 Å². The monoisotopic (exact) mass is 329 g/mol. The molecule has 0 aromatic heterocycles. The number of hydrogen-bond acceptors (Lipinski definition) is 6. The summed E-state index contributed by atoms with van der Waals surface area (Å²) in [7, 11) is -6.94. The van der Waals surface area contributed by atoms with Gasteiger partial charge in [-0.3, -0.25) is 0 Å². The molecule has 0 saturated carbocycles. The summed E-state index contributed by atoms with van der Waals surface area (Å²) < 4.78 is 49.7. The Kier molecular flexibility index (Phi) is 4.22. The summed E-state index contributed by atoms with van der Waals surface area (Å²) in [6.45, 7) is 0. The Bertz CT molecular complexity index is 780. The number of nitriles is 1. The van der Waals surface area contributed by atoms with Gasteiger partial charge < -0.3 is 5.73 Å². The van der Waals surface area contributed by atoms with E-state index in [1.54, 1.807) is 6.07 Å². The number of nitrogen functional groups attached to an aromatic ring is 1. The smallest absolute Gasteiger partial charge is 0.242 e. The van der Waals surface area contributed by atoms with Crippen LogP contribution in [-0.4, -0.2) is 34.4 Å². The molecule has 3 N–H and O–H groups in total. The van der Waals surface area contributed by atoms with Crippen molar-refractivity contribution in [2.45, 2.75) is 23.8 Å². The number of sulfone groups is 1. The highest BCUT2D eigenvalue weighted by atomic mass is 32.2. The van der Waals surface area contributed by atoms with Crippen molar-refractivity contribution in [1.82, 2.24) is 4.72 Å². The fraction of sp³-hybridized carbons (Fsp3) is 0.417. The predicted molar refractivity (Wildman–Crippen MR) is 77.6 cm³/mol. The predicted octanol–water partition coefficient (Wildman–Crippen LogP) is -0.00402. The quantitative estimate of drug-likeness (QED) is 0.750. The Morgan fingerprint density at radius 3 is 2.48 bits per heavy atom. The van der Waals surface area contributed by atoms with Gasteiger partial charge in [0, 0.05) is 11.7 Å². The van der Waals surface area contributed by atoms with E-state index in [1.807, 2.05) is 0 Å². The van der Waals surface area contributed by atoms with Crippen molar-refractivity contribution < 1.29 is 16.8 Å². The number of rotatable bonds is 3. The molecule has 0 atom stereocenters. The maximum Gasteiger partial charge on any atom is 0.242 e. The van der Waals surface area contributed by atoms with Crippen LogP contribution in [0.25, 0.3) is 0 Å². The molecule has 9 heteroatoms. The van der Waals surface area contributed by atoms with Gasteiger partial charge in [-0.25, -0.2) is 21.6 Å².